The van der Waals surface area contributed by atoms with Crippen LogP contribution in [0.5, 0.6) is 10.8 Å². The highest BCUT2D eigenvalue weighted by atomic mass is 32.2. The number of fused-ring (bicyclic) bond motifs is 2. The summed E-state index contributed by atoms with van der Waals surface area (Å²) in [6.45, 7) is 3.34. The third-order valence-corrected chi connectivity index (χ3v) is 12.7. The fourth-order valence-electron chi connectivity index (χ4n) is 4.93. The summed E-state index contributed by atoms with van der Waals surface area (Å²) in [6, 6.07) is 20.5. The van der Waals surface area contributed by atoms with Gasteiger partial charge in [0.1, 0.15) is 33.3 Å². The molecule has 3 aromatic heterocycles. The zero-order chi connectivity index (χ0) is 32.4. The second-order valence-corrected chi connectivity index (χ2v) is 16.3. The van der Waals surface area contributed by atoms with E-state index in [0.29, 0.717) is 13.1 Å². The second-order valence-electron chi connectivity index (χ2n) is 10.4. The highest BCUT2D eigenvalue weighted by Gasteiger charge is 2.25. The van der Waals surface area contributed by atoms with E-state index in [4.69, 9.17) is 8.37 Å². The number of hydrogen-bond acceptors (Lipinski definition) is 11. The highest BCUT2D eigenvalue weighted by molar-refractivity contribution is 8.03. The van der Waals surface area contributed by atoms with Crippen molar-refractivity contribution in [3.63, 3.8) is 0 Å². The monoisotopic (exact) mass is 739 g/mol. The molecular weight excluding hydrogens is 705 g/mol. The number of benzene rings is 2. The van der Waals surface area contributed by atoms with Gasteiger partial charge >= 0.3 is 0 Å². The van der Waals surface area contributed by atoms with Crippen LogP contribution in [0.25, 0.3) is 16.3 Å². The highest BCUT2D eigenvalue weighted by Crippen LogP contribution is 2.47. The Kier molecular flexibility index (Phi) is 12.5. The number of rotatable bonds is 16. The molecule has 47 heavy (non-hydrogen) atoms. The first-order valence-electron chi connectivity index (χ1n) is 15.3. The predicted octanol–water partition coefficient (Wildman–Crippen LogP) is 10.1. The zero-order valence-electron chi connectivity index (χ0n) is 25.7. The third-order valence-electron chi connectivity index (χ3n) is 7.18. The van der Waals surface area contributed by atoms with Crippen LogP contribution in [0.3, 0.4) is 0 Å². The van der Waals surface area contributed by atoms with E-state index in [0.717, 1.165) is 70.0 Å². The van der Waals surface area contributed by atoms with Crippen molar-refractivity contribution in [1.82, 2.24) is 0 Å². The van der Waals surface area contributed by atoms with Crippen LogP contribution in [0.15, 0.2) is 114 Å². The van der Waals surface area contributed by atoms with Crippen molar-refractivity contribution in [2.24, 2.45) is 0 Å². The summed E-state index contributed by atoms with van der Waals surface area (Å²) in [6.07, 6.45) is 11.9. The van der Waals surface area contributed by atoms with E-state index in [-0.39, 0.29) is 13.2 Å². The van der Waals surface area contributed by atoms with Crippen LogP contribution in [-0.4, -0.2) is 30.0 Å². The van der Waals surface area contributed by atoms with Gasteiger partial charge in [0.05, 0.1) is 40.3 Å². The molecule has 1 aliphatic heterocycles. The average molecular weight is 740 g/mol. The molecule has 6 nitrogen and oxygen atoms in total. The number of thiazole rings is 1. The average Bonchev–Trinajstić information content (AvgIpc) is 3.91. The number of allylic oxidation sites excluding steroid dienone is 4. The molecule has 244 valence electrons. The van der Waals surface area contributed by atoms with Crippen LogP contribution >= 0.6 is 69.9 Å². The Bertz CT molecular complexity index is 1850. The second kappa shape index (κ2) is 17.1. The minimum Gasteiger partial charge on any atom is -0.420 e. The number of thiophene rings is 2. The quantitative estimate of drug-likeness (QED) is 0.0589. The smallest absolute Gasteiger partial charge is 0.262 e. The molecule has 2 N–H and O–H groups in total. The maximum atomic E-state index is 9.93. The molecule has 0 aliphatic carbocycles. The van der Waals surface area contributed by atoms with Gasteiger partial charge in [-0.15, -0.1) is 22.7 Å². The number of anilines is 1. The van der Waals surface area contributed by atoms with Gasteiger partial charge in [0.2, 0.25) is 5.52 Å². The molecule has 0 saturated carbocycles. The number of hydrogen-bond donors (Lipinski definition) is 2. The fourth-order valence-corrected chi connectivity index (χ4v) is 9.59. The summed E-state index contributed by atoms with van der Waals surface area (Å²) in [4.78, 5) is 4.37. The van der Waals surface area contributed by atoms with Gasteiger partial charge in [0.15, 0.2) is 11.6 Å². The number of β-amino-alcohol motifs (C(OH)–C–C–N with tert-alkyl or cyclic N) is 1. The van der Waals surface area contributed by atoms with Crippen LogP contribution in [-0.2, 0) is 6.54 Å². The van der Waals surface area contributed by atoms with Gasteiger partial charge in [-0.3, -0.25) is 0 Å². The summed E-state index contributed by atoms with van der Waals surface area (Å²) < 4.78 is 16.3. The molecule has 2 aromatic carbocycles. The number of aromatic nitrogens is 1. The van der Waals surface area contributed by atoms with Gasteiger partial charge in [0, 0.05) is 17.5 Å². The summed E-state index contributed by atoms with van der Waals surface area (Å²) in [5.41, 5.74) is 3.36. The molecule has 0 spiro atoms. The minimum atomic E-state index is 0.0514. The van der Waals surface area contributed by atoms with Crippen LogP contribution in [0.1, 0.15) is 31.2 Å². The van der Waals surface area contributed by atoms with E-state index in [9.17, 15) is 10.2 Å². The lowest BCUT2D eigenvalue weighted by Crippen LogP contribution is -2.36. The maximum absolute atomic E-state index is 9.93. The number of thioether (sulfide) groups is 1. The van der Waals surface area contributed by atoms with Crippen molar-refractivity contribution in [2.45, 2.75) is 46.7 Å². The molecule has 4 heterocycles. The Morgan fingerprint density at radius 1 is 0.979 bits per heavy atom. The number of nitrogens with zero attached hydrogens (tertiary/aromatic N) is 2. The lowest BCUT2D eigenvalue weighted by molar-refractivity contribution is -0.670. The first-order valence-corrected chi connectivity index (χ1v) is 20.1. The van der Waals surface area contributed by atoms with Crippen LogP contribution < -0.4 is 17.8 Å². The molecule has 0 unspecified atom stereocenters. The largest absolute Gasteiger partial charge is 0.420 e. The molecule has 0 fully saturated rings. The van der Waals surface area contributed by atoms with E-state index >= 15 is 0 Å². The van der Waals surface area contributed by atoms with Crippen LogP contribution in [0.4, 0.5) is 5.69 Å². The predicted molar refractivity (Wildman–Crippen MR) is 202 cm³/mol. The van der Waals surface area contributed by atoms with Crippen molar-refractivity contribution < 1.29 is 23.1 Å². The third kappa shape index (κ3) is 8.87. The molecule has 0 saturated heterocycles. The van der Waals surface area contributed by atoms with Gasteiger partial charge in [-0.25, -0.2) is 0 Å². The normalized spacial score (nSPS) is 14.1. The van der Waals surface area contributed by atoms with Gasteiger partial charge in [-0.2, -0.15) is 4.57 Å². The van der Waals surface area contributed by atoms with Crippen LogP contribution in [0, 0.1) is 0 Å². The molecule has 0 atom stereocenters. The Hall–Kier alpha value is -2.68. The van der Waals surface area contributed by atoms with E-state index in [1.54, 1.807) is 45.8 Å². The van der Waals surface area contributed by atoms with Crippen molar-refractivity contribution >= 4 is 91.8 Å². The summed E-state index contributed by atoms with van der Waals surface area (Å²) >= 11 is 9.37. The molecule has 1 aliphatic rings. The molecular formula is C35H35N2O4S6+. The van der Waals surface area contributed by atoms with E-state index in [1.807, 2.05) is 41.1 Å². The molecule has 0 amide bonds. The SMILES string of the molecule is CCCCC(/C=C/c1sc2ccc(OSc3cccs3)cc2[n+]1CCO)=C\C=C1/Sc2ccc(SOc3cccs3)cc2N1CCO. The minimum absolute atomic E-state index is 0.0514. The van der Waals surface area contributed by atoms with Crippen molar-refractivity contribution in [2.75, 3.05) is 24.7 Å². The Morgan fingerprint density at radius 2 is 1.87 bits per heavy atom. The molecule has 6 rings (SSSR count). The van der Waals surface area contributed by atoms with Crippen molar-refractivity contribution in [3.05, 3.63) is 105 Å². The fraction of sp³-hybridized carbons (Fsp3) is 0.229. The summed E-state index contributed by atoms with van der Waals surface area (Å²) in [5.74, 6) is 0.786. The summed E-state index contributed by atoms with van der Waals surface area (Å²) in [5, 5.41) is 26.9. The van der Waals surface area contributed by atoms with Crippen molar-refractivity contribution in [1.29, 1.82) is 0 Å². The van der Waals surface area contributed by atoms with Crippen molar-refractivity contribution in [3.8, 4) is 10.8 Å². The maximum Gasteiger partial charge on any atom is 0.262 e. The number of aliphatic hydroxyl groups excluding tert-OH is 2. The molecule has 0 bridgehead atoms. The number of aliphatic hydroxyl groups is 2. The first kappa shape index (κ1) is 34.2. The topological polar surface area (TPSA) is 66.0 Å². The van der Waals surface area contributed by atoms with Gasteiger partial charge in [0.25, 0.3) is 5.01 Å². The Morgan fingerprint density at radius 3 is 2.66 bits per heavy atom. The molecule has 0 radical (unpaired) electrons. The van der Waals surface area contributed by atoms with E-state index in [2.05, 4.69) is 71.0 Å². The molecule has 5 aromatic rings. The first-order chi connectivity index (χ1) is 23.1. The number of unbranched alkanes of at least 4 members (excludes halogenated alkanes) is 1. The summed E-state index contributed by atoms with van der Waals surface area (Å²) in [7, 11) is 0. The Labute approximate surface area is 300 Å². The van der Waals surface area contributed by atoms with E-state index in [1.165, 1.54) is 29.7 Å². The van der Waals surface area contributed by atoms with Gasteiger partial charge in [-0.1, -0.05) is 54.7 Å². The lowest BCUT2D eigenvalue weighted by Gasteiger charge is -2.19. The Balaban J connectivity index is 1.23. The van der Waals surface area contributed by atoms with Gasteiger partial charge in [-0.05, 0) is 83.8 Å². The van der Waals surface area contributed by atoms with Gasteiger partial charge < -0.3 is 23.5 Å². The lowest BCUT2D eigenvalue weighted by atomic mass is 10.1. The van der Waals surface area contributed by atoms with E-state index < -0.39 is 0 Å². The standard InChI is InChI=1S/C35H35N2O4S6/c1-2-3-6-25(9-15-32-36(17-19-38)28-23-26(11-13-30(28)44-32)40-47-35-8-5-22-43-35)10-16-33-37(18-20-39)29-24-27(12-14-31(29)45-33)46-41-34-7-4-21-42-34/h4-5,7-16,21-24,38-39H,2-3,6,17-20H2,1H3/q+1. The molecule has 12 heteroatoms. The zero-order valence-corrected chi connectivity index (χ0v) is 30.6. The van der Waals surface area contributed by atoms with Crippen LogP contribution in [0.2, 0.25) is 0 Å².